The minimum Gasteiger partial charge on any atom is -0.360 e. The molecular weight excluding hydrogens is 242 g/mol. The van der Waals surface area contributed by atoms with Crippen LogP contribution in [0.2, 0.25) is 0 Å². The molecule has 1 aromatic heterocycles. The smallest absolute Gasteiger partial charge is 0.151 e. The monoisotopic (exact) mass is 261 g/mol. The second-order valence-corrected chi connectivity index (χ2v) is 6.44. The molecule has 0 aliphatic carbocycles. The molecule has 0 unspecified atom stereocenters. The van der Waals surface area contributed by atoms with Crippen molar-refractivity contribution in [1.82, 2.24) is 15.4 Å². The number of rotatable bonds is 7. The standard InChI is InChI=1S/C10H19N3O3S/c1-11-7-9-6-10(16-12-9)8-13(2)4-5-17(3,14)15/h6,11H,4-5,7-8H2,1-3H3. The van der Waals surface area contributed by atoms with Crippen molar-refractivity contribution in [3.8, 4) is 0 Å². The van der Waals surface area contributed by atoms with Crippen molar-refractivity contribution in [2.24, 2.45) is 0 Å². The van der Waals surface area contributed by atoms with E-state index in [0.717, 1.165) is 11.5 Å². The van der Waals surface area contributed by atoms with Crippen molar-refractivity contribution in [2.45, 2.75) is 13.1 Å². The number of hydrogen-bond acceptors (Lipinski definition) is 6. The number of nitrogens with one attached hydrogen (secondary N) is 1. The topological polar surface area (TPSA) is 75.4 Å². The molecule has 0 bridgehead atoms. The van der Waals surface area contributed by atoms with Crippen LogP contribution in [0.15, 0.2) is 10.6 Å². The number of aromatic nitrogens is 1. The molecule has 0 atom stereocenters. The van der Waals surface area contributed by atoms with Crippen molar-refractivity contribution in [3.63, 3.8) is 0 Å². The highest BCUT2D eigenvalue weighted by atomic mass is 32.2. The Morgan fingerprint density at radius 3 is 2.82 bits per heavy atom. The summed E-state index contributed by atoms with van der Waals surface area (Å²) < 4.78 is 27.2. The first-order chi connectivity index (χ1) is 7.90. The van der Waals surface area contributed by atoms with E-state index in [4.69, 9.17) is 4.52 Å². The van der Waals surface area contributed by atoms with Crippen LogP contribution in [-0.4, -0.2) is 51.1 Å². The second-order valence-electron chi connectivity index (χ2n) is 4.18. The molecule has 7 heteroatoms. The van der Waals surface area contributed by atoms with Crippen LogP contribution in [0.25, 0.3) is 0 Å². The van der Waals surface area contributed by atoms with Crippen LogP contribution in [0.1, 0.15) is 11.5 Å². The van der Waals surface area contributed by atoms with Gasteiger partial charge in [-0.25, -0.2) is 8.42 Å². The van der Waals surface area contributed by atoms with Gasteiger partial charge >= 0.3 is 0 Å². The van der Waals surface area contributed by atoms with Crippen molar-refractivity contribution in [2.75, 3.05) is 32.6 Å². The number of hydrogen-bond donors (Lipinski definition) is 1. The third-order valence-electron chi connectivity index (χ3n) is 2.24. The molecule has 0 fully saturated rings. The van der Waals surface area contributed by atoms with Crippen LogP contribution in [0.5, 0.6) is 0 Å². The predicted molar refractivity (Wildman–Crippen MR) is 65.3 cm³/mol. The lowest BCUT2D eigenvalue weighted by Crippen LogP contribution is -2.24. The molecule has 0 aromatic carbocycles. The SMILES string of the molecule is CNCc1cc(CN(C)CCS(C)(=O)=O)on1. The summed E-state index contributed by atoms with van der Waals surface area (Å²) in [6.07, 6.45) is 1.24. The first-order valence-corrected chi connectivity index (χ1v) is 7.42. The fourth-order valence-electron chi connectivity index (χ4n) is 1.36. The van der Waals surface area contributed by atoms with Gasteiger partial charge in [0.1, 0.15) is 9.84 Å². The minimum absolute atomic E-state index is 0.154. The van der Waals surface area contributed by atoms with Crippen LogP contribution in [0, 0.1) is 0 Å². The molecule has 1 heterocycles. The molecule has 1 aromatic rings. The van der Waals surface area contributed by atoms with E-state index in [9.17, 15) is 8.42 Å². The van der Waals surface area contributed by atoms with E-state index in [1.54, 1.807) is 0 Å². The Balaban J connectivity index is 2.42. The quantitative estimate of drug-likeness (QED) is 0.737. The van der Waals surface area contributed by atoms with Gasteiger partial charge in [-0.1, -0.05) is 5.16 Å². The summed E-state index contributed by atoms with van der Waals surface area (Å²) in [6, 6.07) is 1.87. The Morgan fingerprint density at radius 2 is 2.24 bits per heavy atom. The lowest BCUT2D eigenvalue weighted by molar-refractivity contribution is 0.282. The molecule has 1 rings (SSSR count). The molecule has 1 N–H and O–H groups in total. The maximum atomic E-state index is 11.0. The molecule has 6 nitrogen and oxygen atoms in total. The molecule has 0 aliphatic rings. The third kappa shape index (κ3) is 5.81. The van der Waals surface area contributed by atoms with E-state index in [2.05, 4.69) is 10.5 Å². The first-order valence-electron chi connectivity index (χ1n) is 5.36. The average molecular weight is 261 g/mol. The highest BCUT2D eigenvalue weighted by Crippen LogP contribution is 2.06. The maximum absolute atomic E-state index is 11.0. The van der Waals surface area contributed by atoms with Gasteiger partial charge in [-0.15, -0.1) is 0 Å². The van der Waals surface area contributed by atoms with E-state index in [0.29, 0.717) is 19.6 Å². The van der Waals surface area contributed by atoms with Crippen molar-refractivity contribution >= 4 is 9.84 Å². The zero-order valence-electron chi connectivity index (χ0n) is 10.4. The van der Waals surface area contributed by atoms with Gasteiger partial charge < -0.3 is 9.84 Å². The van der Waals surface area contributed by atoms with E-state index in [-0.39, 0.29) is 5.75 Å². The van der Waals surface area contributed by atoms with Gasteiger partial charge in [0.15, 0.2) is 5.76 Å². The van der Waals surface area contributed by atoms with E-state index >= 15 is 0 Å². The van der Waals surface area contributed by atoms with Gasteiger partial charge in [0.2, 0.25) is 0 Å². The van der Waals surface area contributed by atoms with Gasteiger partial charge in [-0.2, -0.15) is 0 Å². The van der Waals surface area contributed by atoms with Gasteiger partial charge in [0, 0.05) is 25.4 Å². The second kappa shape index (κ2) is 6.13. The molecule has 0 radical (unpaired) electrons. The Morgan fingerprint density at radius 1 is 1.53 bits per heavy atom. The third-order valence-corrected chi connectivity index (χ3v) is 3.16. The van der Waals surface area contributed by atoms with Crippen LogP contribution in [-0.2, 0) is 22.9 Å². The van der Waals surface area contributed by atoms with Crippen LogP contribution in [0.3, 0.4) is 0 Å². The molecule has 0 saturated heterocycles. The predicted octanol–water partition coefficient (Wildman–Crippen LogP) is -0.130. The van der Waals surface area contributed by atoms with Crippen LogP contribution >= 0.6 is 0 Å². The van der Waals surface area contributed by atoms with Gasteiger partial charge in [0.05, 0.1) is 18.0 Å². The Hall–Kier alpha value is -0.920. The summed E-state index contributed by atoms with van der Waals surface area (Å²) >= 11 is 0. The van der Waals surface area contributed by atoms with E-state index in [1.807, 2.05) is 25.1 Å². The van der Waals surface area contributed by atoms with Crippen LogP contribution < -0.4 is 5.32 Å². The highest BCUT2D eigenvalue weighted by molar-refractivity contribution is 7.90. The Bertz CT molecular complexity index is 441. The summed E-state index contributed by atoms with van der Waals surface area (Å²) in [5.74, 6) is 0.896. The normalized spacial score (nSPS) is 12.2. The Kier molecular flexibility index (Phi) is 5.10. The molecule has 17 heavy (non-hydrogen) atoms. The molecule has 0 saturated carbocycles. The molecule has 0 amide bonds. The van der Waals surface area contributed by atoms with Crippen LogP contribution in [0.4, 0.5) is 0 Å². The fourth-order valence-corrected chi connectivity index (χ4v) is 2.00. The summed E-state index contributed by atoms with van der Waals surface area (Å²) in [5, 5.41) is 6.87. The zero-order chi connectivity index (χ0) is 12.9. The minimum atomic E-state index is -2.91. The van der Waals surface area contributed by atoms with Gasteiger partial charge in [0.25, 0.3) is 0 Å². The molecule has 0 aliphatic heterocycles. The maximum Gasteiger partial charge on any atom is 0.151 e. The number of sulfone groups is 1. The number of nitrogens with zero attached hydrogens (tertiary/aromatic N) is 2. The zero-order valence-corrected chi connectivity index (χ0v) is 11.2. The lowest BCUT2D eigenvalue weighted by atomic mass is 10.3. The summed E-state index contributed by atoms with van der Waals surface area (Å²) in [5.41, 5.74) is 0.846. The van der Waals surface area contributed by atoms with E-state index < -0.39 is 9.84 Å². The molecule has 0 spiro atoms. The summed E-state index contributed by atoms with van der Waals surface area (Å²) in [6.45, 7) is 1.71. The highest BCUT2D eigenvalue weighted by Gasteiger charge is 2.09. The molecule has 98 valence electrons. The molecular formula is C10H19N3O3S. The van der Waals surface area contributed by atoms with Gasteiger partial charge in [-0.3, -0.25) is 4.90 Å². The summed E-state index contributed by atoms with van der Waals surface area (Å²) in [4.78, 5) is 1.89. The first kappa shape index (κ1) is 14.1. The van der Waals surface area contributed by atoms with Gasteiger partial charge in [-0.05, 0) is 14.1 Å². The fraction of sp³-hybridized carbons (Fsp3) is 0.700. The van der Waals surface area contributed by atoms with E-state index in [1.165, 1.54) is 6.26 Å². The van der Waals surface area contributed by atoms with Crippen molar-refractivity contribution in [1.29, 1.82) is 0 Å². The summed E-state index contributed by atoms with van der Waals surface area (Å²) in [7, 11) is 0.780. The lowest BCUT2D eigenvalue weighted by Gasteiger charge is -2.13. The largest absolute Gasteiger partial charge is 0.360 e. The van der Waals surface area contributed by atoms with Crippen molar-refractivity contribution < 1.29 is 12.9 Å². The average Bonchev–Trinajstić information content (AvgIpc) is 2.62. The Labute approximate surface area is 102 Å². The van der Waals surface area contributed by atoms with Crippen molar-refractivity contribution in [3.05, 3.63) is 17.5 Å².